The van der Waals surface area contributed by atoms with Crippen molar-refractivity contribution < 1.29 is 14.0 Å². The summed E-state index contributed by atoms with van der Waals surface area (Å²) in [6.45, 7) is 5.76. The summed E-state index contributed by atoms with van der Waals surface area (Å²) in [4.78, 5) is 0. The van der Waals surface area contributed by atoms with Crippen molar-refractivity contribution in [1.82, 2.24) is 4.57 Å². The Balaban J connectivity index is 1.16. The van der Waals surface area contributed by atoms with Gasteiger partial charge in [-0.3, -0.25) is 0 Å². The third-order valence-corrected chi connectivity index (χ3v) is 5.80. The van der Waals surface area contributed by atoms with E-state index in [1.54, 1.807) is 0 Å². The van der Waals surface area contributed by atoms with Crippen LogP contribution < -0.4 is 14.0 Å². The zero-order valence-electron chi connectivity index (χ0n) is 19.1. The molecule has 0 bridgehead atoms. The van der Waals surface area contributed by atoms with Crippen molar-refractivity contribution in [2.45, 2.75) is 39.1 Å². The standard InChI is InChI=1S/C29H29N2O2/c1-22(32-28-13-11-24-7-3-5-9-26(24)17-28)19-30-15-16-31(21-30)20-23(2)33-29-14-12-25-8-4-6-10-27(25)18-29/h3-18,21-23H,19-20H2,1-2H3/q+1. The van der Waals surface area contributed by atoms with Crippen molar-refractivity contribution in [3.63, 3.8) is 0 Å². The van der Waals surface area contributed by atoms with Crippen LogP contribution >= 0.6 is 0 Å². The van der Waals surface area contributed by atoms with Gasteiger partial charge in [-0.25, -0.2) is 9.13 Å². The average molecular weight is 438 g/mol. The molecule has 0 radical (unpaired) electrons. The second kappa shape index (κ2) is 9.37. The molecule has 4 heteroatoms. The molecule has 4 aromatic carbocycles. The van der Waals surface area contributed by atoms with Crippen molar-refractivity contribution in [1.29, 1.82) is 0 Å². The molecule has 5 aromatic rings. The molecule has 2 atom stereocenters. The molecule has 0 aliphatic rings. The second-order valence-corrected chi connectivity index (χ2v) is 8.68. The summed E-state index contributed by atoms with van der Waals surface area (Å²) in [6, 6.07) is 29.2. The molecule has 0 fully saturated rings. The van der Waals surface area contributed by atoms with Gasteiger partial charge in [0.2, 0.25) is 6.33 Å². The molecule has 2 unspecified atom stereocenters. The van der Waals surface area contributed by atoms with Gasteiger partial charge in [-0.05, 0) is 59.7 Å². The van der Waals surface area contributed by atoms with Crippen LogP contribution in [0.3, 0.4) is 0 Å². The largest absolute Gasteiger partial charge is 0.487 e. The number of imidazole rings is 1. The van der Waals surface area contributed by atoms with Gasteiger partial charge in [-0.1, -0.05) is 60.7 Å². The minimum atomic E-state index is 0.0540. The maximum atomic E-state index is 6.18. The van der Waals surface area contributed by atoms with Gasteiger partial charge in [0.1, 0.15) is 49.2 Å². The fourth-order valence-electron chi connectivity index (χ4n) is 4.27. The van der Waals surface area contributed by atoms with Crippen molar-refractivity contribution >= 4 is 21.5 Å². The van der Waals surface area contributed by atoms with E-state index >= 15 is 0 Å². The predicted molar refractivity (Wildman–Crippen MR) is 133 cm³/mol. The van der Waals surface area contributed by atoms with E-state index in [0.29, 0.717) is 0 Å². The number of hydrogen-bond acceptors (Lipinski definition) is 2. The highest BCUT2D eigenvalue weighted by molar-refractivity contribution is 5.84. The predicted octanol–water partition coefficient (Wildman–Crippen LogP) is 6.02. The highest BCUT2D eigenvalue weighted by Gasteiger charge is 2.14. The Morgan fingerprint density at radius 1 is 0.697 bits per heavy atom. The summed E-state index contributed by atoms with van der Waals surface area (Å²) in [6.07, 6.45) is 6.39. The normalized spacial score (nSPS) is 13.2. The van der Waals surface area contributed by atoms with E-state index in [1.807, 2.05) is 12.1 Å². The third-order valence-electron chi connectivity index (χ3n) is 5.80. The molecule has 166 valence electrons. The van der Waals surface area contributed by atoms with Crippen molar-refractivity contribution in [2.24, 2.45) is 0 Å². The van der Waals surface area contributed by atoms with Crippen LogP contribution in [0.25, 0.3) is 21.5 Å². The van der Waals surface area contributed by atoms with Crippen LogP contribution in [0.1, 0.15) is 13.8 Å². The summed E-state index contributed by atoms with van der Waals surface area (Å²) >= 11 is 0. The first-order valence-corrected chi connectivity index (χ1v) is 11.5. The lowest BCUT2D eigenvalue weighted by atomic mass is 10.1. The van der Waals surface area contributed by atoms with Crippen LogP contribution in [0.4, 0.5) is 0 Å². The van der Waals surface area contributed by atoms with Crippen LogP contribution in [0.5, 0.6) is 11.5 Å². The number of benzene rings is 4. The van der Waals surface area contributed by atoms with Gasteiger partial charge in [-0.2, -0.15) is 0 Å². The van der Waals surface area contributed by atoms with E-state index in [2.05, 4.69) is 114 Å². The Kier molecular flexibility index (Phi) is 5.99. The maximum absolute atomic E-state index is 6.18. The number of rotatable bonds is 8. The molecule has 1 aromatic heterocycles. The average Bonchev–Trinajstić information content (AvgIpc) is 3.25. The van der Waals surface area contributed by atoms with Gasteiger partial charge in [0.05, 0.1) is 0 Å². The SMILES string of the molecule is CC(Cn1cc[n+](CC(C)Oc2ccc3ccccc3c2)c1)Oc1ccc2ccccc2c1. The summed E-state index contributed by atoms with van der Waals surface area (Å²) < 4.78 is 16.7. The van der Waals surface area contributed by atoms with Gasteiger partial charge in [0.25, 0.3) is 0 Å². The van der Waals surface area contributed by atoms with Crippen LogP contribution in [0.15, 0.2) is 104 Å². The topological polar surface area (TPSA) is 27.3 Å². The highest BCUT2D eigenvalue weighted by atomic mass is 16.5. The van der Waals surface area contributed by atoms with E-state index in [4.69, 9.17) is 9.47 Å². The number of aromatic nitrogens is 2. The first-order chi connectivity index (χ1) is 16.1. The molecular weight excluding hydrogens is 408 g/mol. The summed E-state index contributed by atoms with van der Waals surface area (Å²) in [7, 11) is 0. The first-order valence-electron chi connectivity index (χ1n) is 11.5. The quantitative estimate of drug-likeness (QED) is 0.278. The minimum absolute atomic E-state index is 0.0540. The van der Waals surface area contributed by atoms with Crippen LogP contribution in [0.2, 0.25) is 0 Å². The maximum Gasteiger partial charge on any atom is 0.244 e. The van der Waals surface area contributed by atoms with Gasteiger partial charge in [0.15, 0.2) is 0 Å². The van der Waals surface area contributed by atoms with Crippen LogP contribution in [0, 0.1) is 0 Å². The second-order valence-electron chi connectivity index (χ2n) is 8.68. The monoisotopic (exact) mass is 437 g/mol. The van der Waals surface area contributed by atoms with Crippen LogP contribution in [-0.4, -0.2) is 16.8 Å². The van der Waals surface area contributed by atoms with Crippen molar-refractivity contribution in [2.75, 3.05) is 0 Å². The van der Waals surface area contributed by atoms with Crippen molar-refractivity contribution in [3.8, 4) is 11.5 Å². The molecule has 1 heterocycles. The lowest BCUT2D eigenvalue weighted by Gasteiger charge is -2.14. The van der Waals surface area contributed by atoms with E-state index in [0.717, 1.165) is 24.6 Å². The summed E-state index contributed by atoms with van der Waals surface area (Å²) in [5, 5.41) is 4.84. The number of ether oxygens (including phenoxy) is 2. The first kappa shape index (κ1) is 21.1. The molecule has 5 rings (SSSR count). The van der Waals surface area contributed by atoms with E-state index in [-0.39, 0.29) is 12.2 Å². The molecule has 0 spiro atoms. The zero-order chi connectivity index (χ0) is 22.6. The number of hydrogen-bond donors (Lipinski definition) is 0. The van der Waals surface area contributed by atoms with Gasteiger partial charge in [0, 0.05) is 0 Å². The Morgan fingerprint density at radius 2 is 1.24 bits per heavy atom. The van der Waals surface area contributed by atoms with Crippen LogP contribution in [-0.2, 0) is 13.1 Å². The smallest absolute Gasteiger partial charge is 0.244 e. The van der Waals surface area contributed by atoms with Gasteiger partial charge >= 0.3 is 0 Å². The van der Waals surface area contributed by atoms with E-state index in [9.17, 15) is 0 Å². The van der Waals surface area contributed by atoms with Gasteiger partial charge in [-0.15, -0.1) is 0 Å². The number of fused-ring (bicyclic) bond motifs is 2. The molecule has 4 nitrogen and oxygen atoms in total. The fraction of sp³-hybridized carbons (Fsp3) is 0.207. The van der Waals surface area contributed by atoms with E-state index in [1.165, 1.54) is 21.5 Å². The molecule has 33 heavy (non-hydrogen) atoms. The Morgan fingerprint density at radius 3 is 1.85 bits per heavy atom. The molecule has 0 saturated carbocycles. The van der Waals surface area contributed by atoms with Gasteiger partial charge < -0.3 is 9.47 Å². The Bertz CT molecular complexity index is 1270. The lowest BCUT2D eigenvalue weighted by Crippen LogP contribution is -2.39. The molecule has 0 amide bonds. The highest BCUT2D eigenvalue weighted by Crippen LogP contribution is 2.22. The fourth-order valence-corrected chi connectivity index (χ4v) is 4.27. The van der Waals surface area contributed by atoms with E-state index < -0.39 is 0 Å². The number of nitrogens with zero attached hydrogens (tertiary/aromatic N) is 2. The molecule has 0 saturated heterocycles. The molecule has 0 N–H and O–H groups in total. The lowest BCUT2D eigenvalue weighted by molar-refractivity contribution is -0.701. The van der Waals surface area contributed by atoms with Crippen molar-refractivity contribution in [3.05, 3.63) is 104 Å². The minimum Gasteiger partial charge on any atom is -0.487 e. The molecule has 0 aliphatic carbocycles. The molecule has 0 aliphatic heterocycles. The third kappa shape index (κ3) is 5.17. The Hall–Kier alpha value is -3.79. The Labute approximate surface area is 194 Å². The zero-order valence-corrected chi connectivity index (χ0v) is 19.1. The summed E-state index contributed by atoms with van der Waals surface area (Å²) in [5.74, 6) is 1.80. The molecular formula is C29H29N2O2+. The summed E-state index contributed by atoms with van der Waals surface area (Å²) in [5.41, 5.74) is 0.